The third-order valence-corrected chi connectivity index (χ3v) is 7.19. The number of pyridine rings is 1. The van der Waals surface area contributed by atoms with Crippen molar-refractivity contribution in [2.24, 2.45) is 5.73 Å². The number of nitrogens with zero attached hydrogens (tertiary/aromatic N) is 2. The molecule has 0 saturated carbocycles. The lowest BCUT2D eigenvalue weighted by Gasteiger charge is -2.25. The van der Waals surface area contributed by atoms with Crippen LogP contribution >= 0.6 is 23.2 Å². The zero-order valence-electron chi connectivity index (χ0n) is 22.5. The third-order valence-electron chi connectivity index (χ3n) is 6.47. The van der Waals surface area contributed by atoms with E-state index in [9.17, 15) is 27.6 Å². The molecule has 0 aliphatic heterocycles. The van der Waals surface area contributed by atoms with Gasteiger partial charge in [-0.05, 0) is 60.0 Å². The molecule has 4 aromatic rings. The van der Waals surface area contributed by atoms with Gasteiger partial charge in [-0.2, -0.15) is 0 Å². The molecule has 0 saturated heterocycles. The molecule has 4 rings (SSSR count). The maximum atomic E-state index is 14.2. The lowest BCUT2D eigenvalue weighted by molar-refractivity contribution is -0.121. The maximum Gasteiger partial charge on any atom is 0.251 e. The molecule has 1 aromatic heterocycles. The van der Waals surface area contributed by atoms with E-state index in [1.807, 2.05) is 0 Å². The zero-order valence-corrected chi connectivity index (χ0v) is 24.0. The fourth-order valence-corrected chi connectivity index (χ4v) is 4.87. The topological polar surface area (TPSA) is 117 Å². The van der Waals surface area contributed by atoms with Crippen LogP contribution in [-0.4, -0.2) is 36.8 Å². The smallest absolute Gasteiger partial charge is 0.251 e. The van der Waals surface area contributed by atoms with Gasteiger partial charge in [-0.25, -0.2) is 13.2 Å². The summed E-state index contributed by atoms with van der Waals surface area (Å²) in [5.74, 6) is -4.11. The van der Waals surface area contributed by atoms with E-state index in [0.717, 1.165) is 23.1 Å². The van der Waals surface area contributed by atoms with Gasteiger partial charge in [0.25, 0.3) is 5.91 Å². The summed E-state index contributed by atoms with van der Waals surface area (Å²) in [7, 11) is 1.60. The fourth-order valence-electron chi connectivity index (χ4n) is 4.55. The number of nitrogens with one attached hydrogen (secondary N) is 2. The molecule has 1 unspecified atom stereocenters. The first-order chi connectivity index (χ1) is 20.5. The summed E-state index contributed by atoms with van der Waals surface area (Å²) in [6, 6.07) is 11.8. The van der Waals surface area contributed by atoms with Crippen molar-refractivity contribution in [2.45, 2.75) is 12.5 Å². The van der Waals surface area contributed by atoms with Gasteiger partial charge in [-0.3, -0.25) is 19.4 Å². The Labute approximate surface area is 254 Å². The van der Waals surface area contributed by atoms with Gasteiger partial charge in [0.15, 0.2) is 0 Å². The molecule has 0 aliphatic carbocycles. The van der Waals surface area contributed by atoms with Crippen LogP contribution in [0.4, 0.5) is 24.5 Å². The number of halogens is 5. The standard InChI is InChI=1S/C30H24Cl2F3N5O3/c1-37-25-12-22(31)23(32)13-27(25)40(15-41)14-28(42)39-26(9-16-7-18(33)11-19(34)8-16)29-20(3-2-6-38-29)17-4-5-24(35)21(10-17)30(36)43/h2-8,10-13,15,26,37H,9,14H2,1H3,(H2,36,43)(H,39,42). The number of benzene rings is 3. The second-order valence-electron chi connectivity index (χ2n) is 9.36. The molecule has 13 heteroatoms. The summed E-state index contributed by atoms with van der Waals surface area (Å²) in [4.78, 5) is 42.8. The van der Waals surface area contributed by atoms with E-state index < -0.39 is 41.9 Å². The van der Waals surface area contributed by atoms with Crippen LogP contribution < -0.4 is 21.3 Å². The first-order valence-corrected chi connectivity index (χ1v) is 13.4. The van der Waals surface area contributed by atoms with Crippen molar-refractivity contribution in [3.8, 4) is 11.1 Å². The summed E-state index contributed by atoms with van der Waals surface area (Å²) >= 11 is 12.2. The maximum absolute atomic E-state index is 14.2. The Bertz CT molecular complexity index is 1690. The first kappa shape index (κ1) is 31.3. The molecule has 0 fully saturated rings. The molecule has 3 aromatic carbocycles. The first-order valence-electron chi connectivity index (χ1n) is 12.7. The van der Waals surface area contributed by atoms with E-state index in [0.29, 0.717) is 29.3 Å². The number of hydrogen-bond donors (Lipinski definition) is 3. The number of carbonyl (C=O) groups is 3. The molecule has 0 radical (unpaired) electrons. The molecule has 8 nitrogen and oxygen atoms in total. The minimum atomic E-state index is -1.00. The van der Waals surface area contributed by atoms with Crippen molar-refractivity contribution >= 4 is 52.8 Å². The number of anilines is 2. The van der Waals surface area contributed by atoms with Crippen molar-refractivity contribution in [1.82, 2.24) is 10.3 Å². The molecule has 0 aliphatic rings. The third kappa shape index (κ3) is 7.43. The van der Waals surface area contributed by atoms with Crippen molar-refractivity contribution in [2.75, 3.05) is 23.8 Å². The van der Waals surface area contributed by atoms with Crippen molar-refractivity contribution in [3.63, 3.8) is 0 Å². The molecule has 0 bridgehead atoms. The number of rotatable bonds is 11. The molecule has 1 atom stereocenters. The second-order valence-corrected chi connectivity index (χ2v) is 10.2. The predicted molar refractivity (Wildman–Crippen MR) is 159 cm³/mol. The Balaban J connectivity index is 1.74. The quantitative estimate of drug-likeness (QED) is 0.185. The summed E-state index contributed by atoms with van der Waals surface area (Å²) in [5, 5.41) is 6.06. The van der Waals surface area contributed by atoms with Gasteiger partial charge < -0.3 is 21.3 Å². The number of hydrogen-bond acceptors (Lipinski definition) is 5. The monoisotopic (exact) mass is 629 g/mol. The van der Waals surface area contributed by atoms with E-state index in [-0.39, 0.29) is 39.0 Å². The van der Waals surface area contributed by atoms with Crippen LogP contribution in [0.2, 0.25) is 10.0 Å². The van der Waals surface area contributed by atoms with Crippen LogP contribution in [0.1, 0.15) is 27.7 Å². The van der Waals surface area contributed by atoms with Crippen LogP contribution in [0.5, 0.6) is 0 Å². The molecular weight excluding hydrogens is 606 g/mol. The Morgan fingerprint density at radius 2 is 1.72 bits per heavy atom. The number of aromatic nitrogens is 1. The lowest BCUT2D eigenvalue weighted by Crippen LogP contribution is -2.39. The van der Waals surface area contributed by atoms with Crippen LogP contribution in [0.15, 0.2) is 66.9 Å². The normalized spacial score (nSPS) is 11.5. The fraction of sp³-hybridized carbons (Fsp3) is 0.133. The van der Waals surface area contributed by atoms with Gasteiger partial charge in [0, 0.05) is 24.9 Å². The number of nitrogens with two attached hydrogens (primary N) is 1. The lowest BCUT2D eigenvalue weighted by atomic mass is 9.94. The van der Waals surface area contributed by atoms with E-state index in [2.05, 4.69) is 15.6 Å². The Morgan fingerprint density at radius 1 is 1.02 bits per heavy atom. The second kappa shape index (κ2) is 13.6. The number of carbonyl (C=O) groups excluding carboxylic acids is 3. The molecule has 222 valence electrons. The van der Waals surface area contributed by atoms with E-state index in [1.54, 1.807) is 19.2 Å². The van der Waals surface area contributed by atoms with E-state index in [4.69, 9.17) is 28.9 Å². The summed E-state index contributed by atoms with van der Waals surface area (Å²) in [5.41, 5.74) is 6.85. The summed E-state index contributed by atoms with van der Waals surface area (Å²) in [6.45, 7) is -0.477. The highest BCUT2D eigenvalue weighted by molar-refractivity contribution is 6.42. The van der Waals surface area contributed by atoms with E-state index in [1.165, 1.54) is 30.5 Å². The number of primary amides is 1. The van der Waals surface area contributed by atoms with Crippen molar-refractivity contribution in [1.29, 1.82) is 0 Å². The highest BCUT2D eigenvalue weighted by atomic mass is 35.5. The van der Waals surface area contributed by atoms with Crippen molar-refractivity contribution < 1.29 is 27.6 Å². The molecule has 0 spiro atoms. The van der Waals surface area contributed by atoms with Crippen molar-refractivity contribution in [3.05, 3.63) is 111 Å². The highest BCUT2D eigenvalue weighted by Crippen LogP contribution is 2.35. The largest absolute Gasteiger partial charge is 0.386 e. The van der Waals surface area contributed by atoms with Crippen LogP contribution in [0.3, 0.4) is 0 Å². The highest BCUT2D eigenvalue weighted by Gasteiger charge is 2.24. The Hall–Kier alpha value is -4.61. The predicted octanol–water partition coefficient (Wildman–Crippen LogP) is 5.68. The van der Waals surface area contributed by atoms with Crippen LogP contribution in [0.25, 0.3) is 11.1 Å². The Morgan fingerprint density at radius 3 is 2.37 bits per heavy atom. The molecule has 43 heavy (non-hydrogen) atoms. The minimum Gasteiger partial charge on any atom is -0.386 e. The van der Waals surface area contributed by atoms with Gasteiger partial charge in [0.05, 0.1) is 38.7 Å². The average molecular weight is 630 g/mol. The SMILES string of the molecule is CNc1cc(Cl)c(Cl)cc1N(C=O)CC(=O)NC(Cc1cc(F)cc(F)c1)c1ncccc1-c1ccc(F)c(C(N)=O)c1. The molecular formula is C30H24Cl2F3N5O3. The average Bonchev–Trinajstić information content (AvgIpc) is 2.96. The summed E-state index contributed by atoms with van der Waals surface area (Å²) in [6.07, 6.45) is 1.76. The van der Waals surface area contributed by atoms with Gasteiger partial charge in [-0.15, -0.1) is 0 Å². The van der Waals surface area contributed by atoms with Crippen LogP contribution in [0, 0.1) is 17.5 Å². The zero-order chi connectivity index (χ0) is 31.3. The number of amides is 3. The molecule has 3 amide bonds. The minimum absolute atomic E-state index is 0.121. The molecule has 4 N–H and O–H groups in total. The Kier molecular flexibility index (Phi) is 9.89. The van der Waals surface area contributed by atoms with Crippen LogP contribution in [-0.2, 0) is 16.0 Å². The van der Waals surface area contributed by atoms with E-state index >= 15 is 0 Å². The van der Waals surface area contributed by atoms with Gasteiger partial charge in [-0.1, -0.05) is 35.3 Å². The van der Waals surface area contributed by atoms with Gasteiger partial charge in [0.2, 0.25) is 12.3 Å². The van der Waals surface area contributed by atoms with Gasteiger partial charge >= 0.3 is 0 Å². The summed E-state index contributed by atoms with van der Waals surface area (Å²) < 4.78 is 42.4. The van der Waals surface area contributed by atoms with Gasteiger partial charge in [0.1, 0.15) is 24.0 Å². The molecule has 1 heterocycles.